The number of rotatable bonds is 7. The summed E-state index contributed by atoms with van der Waals surface area (Å²) in [5.41, 5.74) is 0.590. The maximum absolute atomic E-state index is 12.9. The molecule has 2 aliphatic heterocycles. The van der Waals surface area contributed by atoms with Crippen molar-refractivity contribution in [2.45, 2.75) is 37.9 Å². The second kappa shape index (κ2) is 10.4. The van der Waals surface area contributed by atoms with Gasteiger partial charge in [0.05, 0.1) is 21.7 Å². The van der Waals surface area contributed by atoms with E-state index >= 15 is 0 Å². The molecular formula is C20H29Cl2N3O3S. The molecule has 6 nitrogen and oxygen atoms in total. The molecule has 1 atom stereocenters. The van der Waals surface area contributed by atoms with Gasteiger partial charge in [-0.25, -0.2) is 12.7 Å². The molecule has 0 bridgehead atoms. The normalized spacial score (nSPS) is 21.8. The standard InChI is InChI=1S/C20H29Cl2N3O3S/c21-18-7-6-16(13-19(18)22)15-29(27,28)25-11-4-5-17(14-25)20(26)23-8-12-24-9-2-1-3-10-24/h6-7,13,17H,1-5,8-12,14-15H2,(H,23,26)/t17-/m1/s1. The molecule has 0 aromatic heterocycles. The van der Waals surface area contributed by atoms with E-state index in [2.05, 4.69) is 10.2 Å². The van der Waals surface area contributed by atoms with Gasteiger partial charge in [-0.3, -0.25) is 4.79 Å². The summed E-state index contributed by atoms with van der Waals surface area (Å²) < 4.78 is 27.1. The average Bonchev–Trinajstić information content (AvgIpc) is 2.71. The van der Waals surface area contributed by atoms with Crippen LogP contribution >= 0.6 is 23.2 Å². The lowest BCUT2D eigenvalue weighted by molar-refractivity contribution is -0.126. The number of hydrogen-bond donors (Lipinski definition) is 1. The number of piperidine rings is 2. The van der Waals surface area contributed by atoms with E-state index in [-0.39, 0.29) is 24.1 Å². The Balaban J connectivity index is 1.51. The molecule has 0 radical (unpaired) electrons. The molecule has 29 heavy (non-hydrogen) atoms. The molecule has 9 heteroatoms. The molecule has 3 rings (SSSR count). The minimum atomic E-state index is -3.53. The second-order valence-corrected chi connectivity index (χ2v) is 10.7. The summed E-state index contributed by atoms with van der Waals surface area (Å²) in [6.45, 7) is 4.35. The molecule has 162 valence electrons. The molecule has 2 aliphatic rings. The van der Waals surface area contributed by atoms with Gasteiger partial charge >= 0.3 is 0 Å². The molecule has 1 amide bonds. The number of carbonyl (C=O) groups is 1. The van der Waals surface area contributed by atoms with Crippen LogP contribution in [0.25, 0.3) is 0 Å². The fourth-order valence-corrected chi connectivity index (χ4v) is 5.92. The first-order valence-electron chi connectivity index (χ1n) is 10.3. The lowest BCUT2D eigenvalue weighted by Crippen LogP contribution is -2.47. The van der Waals surface area contributed by atoms with Crippen molar-refractivity contribution in [1.82, 2.24) is 14.5 Å². The van der Waals surface area contributed by atoms with E-state index in [4.69, 9.17) is 23.2 Å². The Morgan fingerprint density at radius 3 is 2.55 bits per heavy atom. The lowest BCUT2D eigenvalue weighted by Gasteiger charge is -2.31. The zero-order valence-corrected chi connectivity index (χ0v) is 18.9. The molecule has 1 aromatic rings. The Morgan fingerprint density at radius 2 is 1.83 bits per heavy atom. The zero-order valence-electron chi connectivity index (χ0n) is 16.6. The van der Waals surface area contributed by atoms with Gasteiger partial charge in [0.2, 0.25) is 15.9 Å². The molecule has 0 aliphatic carbocycles. The van der Waals surface area contributed by atoms with Crippen molar-refractivity contribution < 1.29 is 13.2 Å². The van der Waals surface area contributed by atoms with Crippen molar-refractivity contribution in [3.63, 3.8) is 0 Å². The first-order chi connectivity index (χ1) is 13.8. The summed E-state index contributed by atoms with van der Waals surface area (Å²) in [7, 11) is -3.53. The van der Waals surface area contributed by atoms with E-state index < -0.39 is 10.0 Å². The van der Waals surface area contributed by atoms with Crippen LogP contribution in [0, 0.1) is 5.92 Å². The maximum atomic E-state index is 12.9. The van der Waals surface area contributed by atoms with Gasteiger partial charge < -0.3 is 10.2 Å². The molecule has 1 aromatic carbocycles. The van der Waals surface area contributed by atoms with Crippen LogP contribution in [0.3, 0.4) is 0 Å². The topological polar surface area (TPSA) is 69.7 Å². The largest absolute Gasteiger partial charge is 0.355 e. The van der Waals surface area contributed by atoms with Crippen LogP contribution < -0.4 is 5.32 Å². The SMILES string of the molecule is O=C(NCCN1CCCCC1)[C@@H]1CCCN(S(=O)(=O)Cc2ccc(Cl)c(Cl)c2)C1. The lowest BCUT2D eigenvalue weighted by atomic mass is 9.99. The van der Waals surface area contributed by atoms with E-state index in [1.807, 2.05) is 0 Å². The Hall–Kier alpha value is -0.860. The molecular weight excluding hydrogens is 433 g/mol. The highest BCUT2D eigenvalue weighted by Gasteiger charge is 2.32. The molecule has 0 unspecified atom stereocenters. The highest BCUT2D eigenvalue weighted by molar-refractivity contribution is 7.88. The van der Waals surface area contributed by atoms with Gasteiger partial charge in [0.1, 0.15) is 0 Å². The third-order valence-corrected chi connectivity index (χ3v) is 8.21. The zero-order chi connectivity index (χ0) is 20.9. The summed E-state index contributed by atoms with van der Waals surface area (Å²) >= 11 is 11.9. The number of benzene rings is 1. The van der Waals surface area contributed by atoms with Crippen molar-refractivity contribution in [2.24, 2.45) is 5.92 Å². The Kier molecular flexibility index (Phi) is 8.22. The quantitative estimate of drug-likeness (QED) is 0.676. The highest BCUT2D eigenvalue weighted by atomic mass is 35.5. The van der Waals surface area contributed by atoms with Crippen LogP contribution in [0.15, 0.2) is 18.2 Å². The monoisotopic (exact) mass is 461 g/mol. The van der Waals surface area contributed by atoms with Gasteiger partial charge in [0.15, 0.2) is 0 Å². The average molecular weight is 462 g/mol. The third-order valence-electron chi connectivity index (χ3n) is 5.66. The molecule has 0 saturated carbocycles. The van der Waals surface area contributed by atoms with Crippen LogP contribution in [-0.2, 0) is 20.6 Å². The third kappa shape index (κ3) is 6.56. The number of likely N-dealkylation sites (tertiary alicyclic amines) is 1. The summed E-state index contributed by atoms with van der Waals surface area (Å²) in [5, 5.41) is 3.73. The first kappa shape index (κ1) is 22.8. The van der Waals surface area contributed by atoms with E-state index in [0.29, 0.717) is 41.5 Å². The number of sulfonamides is 1. The summed E-state index contributed by atoms with van der Waals surface area (Å²) in [6.07, 6.45) is 5.14. The van der Waals surface area contributed by atoms with Crippen molar-refractivity contribution in [3.05, 3.63) is 33.8 Å². The molecule has 2 heterocycles. The van der Waals surface area contributed by atoms with E-state index in [0.717, 1.165) is 19.6 Å². The van der Waals surface area contributed by atoms with Gasteiger partial charge in [0.25, 0.3) is 0 Å². The fraction of sp³-hybridized carbons (Fsp3) is 0.650. The van der Waals surface area contributed by atoms with E-state index in [9.17, 15) is 13.2 Å². The number of hydrogen-bond acceptors (Lipinski definition) is 4. The number of nitrogens with one attached hydrogen (secondary N) is 1. The molecule has 2 fully saturated rings. The predicted molar refractivity (Wildman–Crippen MR) is 117 cm³/mol. The minimum absolute atomic E-state index is 0.0450. The van der Waals surface area contributed by atoms with Gasteiger partial charge in [-0.15, -0.1) is 0 Å². The number of nitrogens with zero attached hydrogens (tertiary/aromatic N) is 2. The molecule has 1 N–H and O–H groups in total. The highest BCUT2D eigenvalue weighted by Crippen LogP contribution is 2.26. The number of halogens is 2. The van der Waals surface area contributed by atoms with E-state index in [1.54, 1.807) is 18.2 Å². The fourth-order valence-electron chi connectivity index (χ4n) is 4.00. The summed E-state index contributed by atoms with van der Waals surface area (Å²) in [4.78, 5) is 14.9. The van der Waals surface area contributed by atoms with Crippen molar-refractivity contribution in [1.29, 1.82) is 0 Å². The van der Waals surface area contributed by atoms with Gasteiger partial charge in [-0.05, 0) is 56.5 Å². The van der Waals surface area contributed by atoms with Gasteiger partial charge in [-0.2, -0.15) is 0 Å². The van der Waals surface area contributed by atoms with Crippen LogP contribution in [0.2, 0.25) is 10.0 Å². The molecule has 0 spiro atoms. The predicted octanol–water partition coefficient (Wildman–Crippen LogP) is 3.14. The minimum Gasteiger partial charge on any atom is -0.355 e. The van der Waals surface area contributed by atoms with Gasteiger partial charge in [-0.1, -0.05) is 35.7 Å². The van der Waals surface area contributed by atoms with Crippen LogP contribution in [0.5, 0.6) is 0 Å². The Bertz CT molecular complexity index is 813. The van der Waals surface area contributed by atoms with Crippen LogP contribution in [-0.4, -0.2) is 62.8 Å². The summed E-state index contributed by atoms with van der Waals surface area (Å²) in [5.74, 6) is -0.488. The first-order valence-corrected chi connectivity index (χ1v) is 12.6. The Morgan fingerprint density at radius 1 is 1.07 bits per heavy atom. The smallest absolute Gasteiger partial charge is 0.224 e. The van der Waals surface area contributed by atoms with E-state index in [1.165, 1.54) is 23.6 Å². The molecule has 2 saturated heterocycles. The van der Waals surface area contributed by atoms with Gasteiger partial charge in [0, 0.05) is 26.2 Å². The summed E-state index contributed by atoms with van der Waals surface area (Å²) in [6, 6.07) is 4.85. The Labute approximate surface area is 183 Å². The van der Waals surface area contributed by atoms with Crippen molar-refractivity contribution in [2.75, 3.05) is 39.3 Å². The van der Waals surface area contributed by atoms with Crippen molar-refractivity contribution in [3.8, 4) is 0 Å². The van der Waals surface area contributed by atoms with Crippen LogP contribution in [0.1, 0.15) is 37.7 Å². The maximum Gasteiger partial charge on any atom is 0.224 e. The van der Waals surface area contributed by atoms with Crippen molar-refractivity contribution >= 4 is 39.1 Å². The number of carbonyl (C=O) groups excluding carboxylic acids is 1. The second-order valence-electron chi connectivity index (χ2n) is 7.90. The van der Waals surface area contributed by atoms with Crippen LogP contribution in [0.4, 0.5) is 0 Å². The number of amides is 1.